The van der Waals surface area contributed by atoms with Crippen molar-refractivity contribution in [2.24, 2.45) is 7.05 Å². The van der Waals surface area contributed by atoms with Crippen molar-refractivity contribution in [3.8, 4) is 0 Å². The molecule has 1 spiro atoms. The molecule has 0 aliphatic carbocycles. The summed E-state index contributed by atoms with van der Waals surface area (Å²) in [5, 5.41) is 11.3. The van der Waals surface area contributed by atoms with Gasteiger partial charge in [0.25, 0.3) is 5.91 Å². The molecule has 0 unspecified atom stereocenters. The SMILES string of the molecule is Cl.Cn1nc(C(=O)NC2CCN(Cc3ccccc3)CC2)c2c1CC1(CCNCC1)OC2. The molecule has 8 heteroatoms. The molecular formula is C24H34ClN5O2. The third kappa shape index (κ3) is 4.86. The van der Waals surface area contributed by atoms with Crippen LogP contribution in [0.25, 0.3) is 0 Å². The van der Waals surface area contributed by atoms with Gasteiger partial charge in [0.15, 0.2) is 5.69 Å². The molecule has 1 aromatic carbocycles. The number of carbonyl (C=O) groups is 1. The summed E-state index contributed by atoms with van der Waals surface area (Å²) in [6, 6.07) is 10.8. The summed E-state index contributed by atoms with van der Waals surface area (Å²) >= 11 is 0. The normalized spacial score (nSPS) is 21.0. The monoisotopic (exact) mass is 459 g/mol. The maximum atomic E-state index is 13.1. The van der Waals surface area contributed by atoms with Gasteiger partial charge >= 0.3 is 0 Å². The molecule has 32 heavy (non-hydrogen) atoms. The molecule has 4 heterocycles. The fraction of sp³-hybridized carbons (Fsp3) is 0.583. The van der Waals surface area contributed by atoms with Crippen LogP contribution >= 0.6 is 12.4 Å². The second kappa shape index (κ2) is 9.91. The highest BCUT2D eigenvalue weighted by atomic mass is 35.5. The number of carbonyl (C=O) groups excluding carboxylic acids is 1. The fourth-order valence-electron chi connectivity index (χ4n) is 5.27. The van der Waals surface area contributed by atoms with Gasteiger partial charge in [-0.05, 0) is 44.3 Å². The first kappa shape index (κ1) is 23.2. The number of nitrogens with zero attached hydrogens (tertiary/aromatic N) is 3. The molecule has 2 fully saturated rings. The molecule has 174 valence electrons. The molecular weight excluding hydrogens is 426 g/mol. The molecule has 0 radical (unpaired) electrons. The molecule has 5 rings (SSSR count). The summed E-state index contributed by atoms with van der Waals surface area (Å²) in [5.41, 5.74) is 3.94. The van der Waals surface area contributed by atoms with E-state index in [0.29, 0.717) is 12.3 Å². The molecule has 7 nitrogen and oxygen atoms in total. The van der Waals surface area contributed by atoms with E-state index in [2.05, 4.69) is 51.0 Å². The average Bonchev–Trinajstić information content (AvgIpc) is 3.12. The van der Waals surface area contributed by atoms with E-state index in [1.165, 1.54) is 5.56 Å². The molecule has 3 aliphatic heterocycles. The Morgan fingerprint density at radius 3 is 2.66 bits per heavy atom. The number of piperidine rings is 2. The van der Waals surface area contributed by atoms with E-state index < -0.39 is 0 Å². The smallest absolute Gasteiger partial charge is 0.272 e. The summed E-state index contributed by atoms with van der Waals surface area (Å²) in [6.07, 6.45) is 4.82. The number of halogens is 1. The molecule has 0 saturated carbocycles. The van der Waals surface area contributed by atoms with E-state index in [0.717, 1.165) is 76.1 Å². The van der Waals surface area contributed by atoms with Crippen molar-refractivity contribution in [1.82, 2.24) is 25.3 Å². The second-order valence-corrected chi connectivity index (χ2v) is 9.31. The van der Waals surface area contributed by atoms with Gasteiger partial charge in [0.1, 0.15) is 0 Å². The zero-order chi connectivity index (χ0) is 21.3. The first-order valence-electron chi connectivity index (χ1n) is 11.6. The Hall–Kier alpha value is -1.93. The average molecular weight is 460 g/mol. The first-order valence-corrected chi connectivity index (χ1v) is 11.6. The van der Waals surface area contributed by atoms with Crippen LogP contribution in [-0.2, 0) is 31.4 Å². The Kier molecular flexibility index (Phi) is 7.20. The van der Waals surface area contributed by atoms with Gasteiger partial charge in [-0.25, -0.2) is 0 Å². The van der Waals surface area contributed by atoms with E-state index in [4.69, 9.17) is 4.74 Å². The quantitative estimate of drug-likeness (QED) is 0.734. The number of ether oxygens (including phenoxy) is 1. The number of likely N-dealkylation sites (tertiary alicyclic amines) is 1. The van der Waals surface area contributed by atoms with Crippen molar-refractivity contribution < 1.29 is 9.53 Å². The number of nitrogens with one attached hydrogen (secondary N) is 2. The van der Waals surface area contributed by atoms with E-state index in [1.54, 1.807) is 0 Å². The van der Waals surface area contributed by atoms with Crippen LogP contribution in [0.1, 0.15) is 53.0 Å². The van der Waals surface area contributed by atoms with Gasteiger partial charge in [0.2, 0.25) is 0 Å². The lowest BCUT2D eigenvalue weighted by molar-refractivity contribution is -0.0869. The van der Waals surface area contributed by atoms with Gasteiger partial charge in [-0.2, -0.15) is 5.10 Å². The highest BCUT2D eigenvalue weighted by molar-refractivity contribution is 5.94. The summed E-state index contributed by atoms with van der Waals surface area (Å²) in [4.78, 5) is 15.5. The van der Waals surface area contributed by atoms with Gasteiger partial charge in [-0.1, -0.05) is 30.3 Å². The number of aryl methyl sites for hydroxylation is 1. The predicted molar refractivity (Wildman–Crippen MR) is 126 cm³/mol. The topological polar surface area (TPSA) is 71.4 Å². The Bertz CT molecular complexity index is 918. The van der Waals surface area contributed by atoms with E-state index in [1.807, 2.05) is 11.7 Å². The number of rotatable bonds is 4. The molecule has 2 saturated heterocycles. The van der Waals surface area contributed by atoms with Crippen LogP contribution < -0.4 is 10.6 Å². The Labute approximate surface area is 196 Å². The lowest BCUT2D eigenvalue weighted by Crippen LogP contribution is -2.48. The molecule has 2 aromatic rings. The van der Waals surface area contributed by atoms with Crippen LogP contribution in [0.4, 0.5) is 0 Å². The molecule has 0 atom stereocenters. The van der Waals surface area contributed by atoms with Crippen molar-refractivity contribution in [3.63, 3.8) is 0 Å². The number of fused-ring (bicyclic) bond motifs is 1. The van der Waals surface area contributed by atoms with E-state index in [9.17, 15) is 4.79 Å². The number of hydrogen-bond donors (Lipinski definition) is 2. The molecule has 1 aromatic heterocycles. The first-order chi connectivity index (χ1) is 15.1. The molecule has 2 N–H and O–H groups in total. The van der Waals surface area contributed by atoms with Crippen LogP contribution in [0.2, 0.25) is 0 Å². The Balaban J connectivity index is 0.00000245. The van der Waals surface area contributed by atoms with Crippen molar-refractivity contribution in [2.45, 2.75) is 56.9 Å². The Morgan fingerprint density at radius 1 is 1.22 bits per heavy atom. The standard InChI is InChI=1S/C24H33N5O2.ClH/c1-28-21-15-24(9-11-25-12-10-24)31-17-20(21)22(27-28)23(30)26-19-7-13-29(14-8-19)16-18-5-3-2-4-6-18;/h2-6,19,25H,7-17H2,1H3,(H,26,30);1H. The molecule has 0 bridgehead atoms. The maximum absolute atomic E-state index is 13.1. The summed E-state index contributed by atoms with van der Waals surface area (Å²) in [6.45, 7) is 5.44. The fourth-order valence-corrected chi connectivity index (χ4v) is 5.27. The predicted octanol–water partition coefficient (Wildman–Crippen LogP) is 2.43. The third-order valence-electron chi connectivity index (χ3n) is 7.19. The summed E-state index contributed by atoms with van der Waals surface area (Å²) in [7, 11) is 1.96. The van der Waals surface area contributed by atoms with Crippen molar-refractivity contribution in [1.29, 1.82) is 0 Å². The number of amides is 1. The number of benzene rings is 1. The van der Waals surface area contributed by atoms with Crippen LogP contribution in [0, 0.1) is 0 Å². The minimum atomic E-state index is -0.0919. The summed E-state index contributed by atoms with van der Waals surface area (Å²) < 4.78 is 8.22. The zero-order valence-electron chi connectivity index (χ0n) is 18.8. The summed E-state index contributed by atoms with van der Waals surface area (Å²) in [5.74, 6) is -0.0526. The van der Waals surface area contributed by atoms with E-state index in [-0.39, 0.29) is 30.0 Å². The van der Waals surface area contributed by atoms with Crippen molar-refractivity contribution in [2.75, 3.05) is 26.2 Å². The van der Waals surface area contributed by atoms with Gasteiger partial charge in [0.05, 0.1) is 12.2 Å². The van der Waals surface area contributed by atoms with Crippen LogP contribution in [0.3, 0.4) is 0 Å². The van der Waals surface area contributed by atoms with Gasteiger partial charge in [-0.15, -0.1) is 12.4 Å². The molecule has 3 aliphatic rings. The van der Waals surface area contributed by atoms with Gasteiger partial charge < -0.3 is 15.4 Å². The van der Waals surface area contributed by atoms with Crippen molar-refractivity contribution >= 4 is 18.3 Å². The number of aromatic nitrogens is 2. The van der Waals surface area contributed by atoms with Crippen LogP contribution in [0.15, 0.2) is 30.3 Å². The number of hydrogen-bond acceptors (Lipinski definition) is 5. The maximum Gasteiger partial charge on any atom is 0.272 e. The lowest BCUT2D eigenvalue weighted by Gasteiger charge is -2.40. The second-order valence-electron chi connectivity index (χ2n) is 9.31. The van der Waals surface area contributed by atoms with Gasteiger partial charge in [-0.3, -0.25) is 14.4 Å². The molecule has 1 amide bonds. The largest absolute Gasteiger partial charge is 0.370 e. The lowest BCUT2D eigenvalue weighted by atomic mass is 9.84. The highest BCUT2D eigenvalue weighted by Gasteiger charge is 2.40. The third-order valence-corrected chi connectivity index (χ3v) is 7.19. The highest BCUT2D eigenvalue weighted by Crippen LogP contribution is 2.35. The van der Waals surface area contributed by atoms with Crippen LogP contribution in [0.5, 0.6) is 0 Å². The zero-order valence-corrected chi connectivity index (χ0v) is 19.6. The minimum Gasteiger partial charge on any atom is -0.370 e. The van der Waals surface area contributed by atoms with E-state index >= 15 is 0 Å². The van der Waals surface area contributed by atoms with Crippen LogP contribution in [-0.4, -0.2) is 58.4 Å². The Morgan fingerprint density at radius 2 is 1.94 bits per heavy atom. The minimum absolute atomic E-state index is 0. The van der Waals surface area contributed by atoms with Crippen molar-refractivity contribution in [3.05, 3.63) is 52.8 Å². The van der Waals surface area contributed by atoms with Gasteiger partial charge in [0, 0.05) is 50.4 Å².